The van der Waals surface area contributed by atoms with Crippen molar-refractivity contribution in [1.82, 2.24) is 5.32 Å². The van der Waals surface area contributed by atoms with Crippen molar-refractivity contribution in [2.24, 2.45) is 0 Å². The third-order valence-electron chi connectivity index (χ3n) is 4.39. The molecule has 2 unspecified atom stereocenters. The first-order valence-corrected chi connectivity index (χ1v) is 8.13. The lowest BCUT2D eigenvalue weighted by atomic mass is 9.76. The van der Waals surface area contributed by atoms with Crippen molar-refractivity contribution in [3.8, 4) is 0 Å². The third kappa shape index (κ3) is 3.26. The molecule has 1 N–H and O–H groups in total. The van der Waals surface area contributed by atoms with Crippen LogP contribution in [0.2, 0.25) is 10.0 Å². The van der Waals surface area contributed by atoms with Crippen LogP contribution < -0.4 is 5.32 Å². The Morgan fingerprint density at radius 2 is 1.81 bits per heavy atom. The van der Waals surface area contributed by atoms with Crippen LogP contribution >= 0.6 is 23.2 Å². The maximum atomic E-state index is 6.17. The van der Waals surface area contributed by atoms with E-state index in [4.69, 9.17) is 23.2 Å². The molecule has 1 fully saturated rings. The highest BCUT2D eigenvalue weighted by Gasteiger charge is 2.28. The number of rotatable bonds is 2. The van der Waals surface area contributed by atoms with Crippen LogP contribution in [0.1, 0.15) is 34.9 Å². The first kappa shape index (κ1) is 14.9. The summed E-state index contributed by atoms with van der Waals surface area (Å²) in [6.07, 6.45) is 1.14. The van der Waals surface area contributed by atoms with Crippen LogP contribution in [0.4, 0.5) is 0 Å². The van der Waals surface area contributed by atoms with E-state index in [0.717, 1.165) is 29.6 Å². The van der Waals surface area contributed by atoms with Crippen molar-refractivity contribution in [3.05, 3.63) is 69.2 Å². The molecule has 0 aliphatic carbocycles. The van der Waals surface area contributed by atoms with Gasteiger partial charge in [-0.2, -0.15) is 0 Å². The van der Waals surface area contributed by atoms with Crippen molar-refractivity contribution in [2.45, 2.75) is 25.2 Å². The lowest BCUT2D eigenvalue weighted by Crippen LogP contribution is -2.34. The van der Waals surface area contributed by atoms with Crippen molar-refractivity contribution in [2.75, 3.05) is 13.1 Å². The van der Waals surface area contributed by atoms with Gasteiger partial charge in [-0.05, 0) is 66.8 Å². The quantitative estimate of drug-likeness (QED) is 0.805. The third-order valence-corrected chi connectivity index (χ3v) is 4.86. The van der Waals surface area contributed by atoms with Gasteiger partial charge in [-0.1, -0.05) is 41.4 Å². The molecule has 1 aliphatic rings. The molecule has 0 radical (unpaired) electrons. The summed E-state index contributed by atoms with van der Waals surface area (Å²) in [5.74, 6) is 0.972. The molecule has 1 aliphatic heterocycles. The number of halogens is 2. The van der Waals surface area contributed by atoms with E-state index in [2.05, 4.69) is 36.5 Å². The van der Waals surface area contributed by atoms with E-state index >= 15 is 0 Å². The molecule has 1 heterocycles. The standard InChI is InChI=1S/C18H19Cl2N/c1-12-9-15(20)5-6-16(12)17-7-8-21-11-18(17)13-3-2-4-14(19)10-13/h2-6,9-10,17-18,21H,7-8,11H2,1H3. The van der Waals surface area contributed by atoms with Gasteiger partial charge in [0.2, 0.25) is 0 Å². The number of hydrogen-bond acceptors (Lipinski definition) is 1. The second kappa shape index (κ2) is 6.39. The topological polar surface area (TPSA) is 12.0 Å². The molecule has 2 aromatic rings. The molecular weight excluding hydrogens is 301 g/mol. The van der Waals surface area contributed by atoms with Gasteiger partial charge in [0.25, 0.3) is 0 Å². The van der Waals surface area contributed by atoms with Crippen LogP contribution in [0.3, 0.4) is 0 Å². The molecule has 0 aromatic heterocycles. The molecule has 21 heavy (non-hydrogen) atoms. The van der Waals surface area contributed by atoms with E-state index in [9.17, 15) is 0 Å². The fourth-order valence-corrected chi connectivity index (χ4v) is 3.80. The van der Waals surface area contributed by atoms with Gasteiger partial charge in [0, 0.05) is 22.5 Å². The highest BCUT2D eigenvalue weighted by molar-refractivity contribution is 6.30. The molecule has 2 atom stereocenters. The van der Waals surface area contributed by atoms with E-state index in [1.165, 1.54) is 16.7 Å². The Morgan fingerprint density at radius 1 is 1.00 bits per heavy atom. The van der Waals surface area contributed by atoms with Gasteiger partial charge in [0.1, 0.15) is 0 Å². The summed E-state index contributed by atoms with van der Waals surface area (Å²) in [5.41, 5.74) is 4.00. The molecule has 1 nitrogen and oxygen atoms in total. The highest BCUT2D eigenvalue weighted by Crippen LogP contribution is 2.39. The molecule has 0 amide bonds. The Labute approximate surface area is 136 Å². The summed E-state index contributed by atoms with van der Waals surface area (Å²) in [5, 5.41) is 5.13. The summed E-state index contributed by atoms with van der Waals surface area (Å²) in [7, 11) is 0. The maximum absolute atomic E-state index is 6.17. The van der Waals surface area contributed by atoms with Crippen LogP contribution in [0.5, 0.6) is 0 Å². The van der Waals surface area contributed by atoms with Gasteiger partial charge in [0.15, 0.2) is 0 Å². The average Bonchev–Trinajstić information content (AvgIpc) is 2.47. The minimum Gasteiger partial charge on any atom is -0.316 e. The van der Waals surface area contributed by atoms with Gasteiger partial charge in [-0.25, -0.2) is 0 Å². The summed E-state index contributed by atoms with van der Waals surface area (Å²) in [4.78, 5) is 0. The van der Waals surface area contributed by atoms with Crippen LogP contribution in [0.25, 0.3) is 0 Å². The van der Waals surface area contributed by atoms with Crippen molar-refractivity contribution < 1.29 is 0 Å². The molecule has 110 valence electrons. The summed E-state index contributed by atoms with van der Waals surface area (Å²) >= 11 is 12.3. The minimum atomic E-state index is 0.456. The van der Waals surface area contributed by atoms with Crippen LogP contribution in [-0.4, -0.2) is 13.1 Å². The van der Waals surface area contributed by atoms with Crippen LogP contribution in [0.15, 0.2) is 42.5 Å². The van der Waals surface area contributed by atoms with Gasteiger partial charge < -0.3 is 5.32 Å². The number of aryl methyl sites for hydroxylation is 1. The second-order valence-corrected chi connectivity index (χ2v) is 6.63. The van der Waals surface area contributed by atoms with Crippen LogP contribution in [0, 0.1) is 6.92 Å². The Balaban J connectivity index is 1.98. The van der Waals surface area contributed by atoms with Gasteiger partial charge in [-0.15, -0.1) is 0 Å². The monoisotopic (exact) mass is 319 g/mol. The molecule has 3 heteroatoms. The number of nitrogens with one attached hydrogen (secondary N) is 1. The lowest BCUT2D eigenvalue weighted by Gasteiger charge is -2.34. The molecule has 0 bridgehead atoms. The SMILES string of the molecule is Cc1cc(Cl)ccc1C1CCNCC1c1cccc(Cl)c1. The summed E-state index contributed by atoms with van der Waals surface area (Å²) in [6.45, 7) is 4.20. The summed E-state index contributed by atoms with van der Waals surface area (Å²) < 4.78 is 0. The maximum Gasteiger partial charge on any atom is 0.0408 e. The summed E-state index contributed by atoms with van der Waals surface area (Å²) in [6, 6.07) is 14.5. The molecular formula is C18H19Cl2N. The molecule has 0 spiro atoms. The van der Waals surface area contributed by atoms with Gasteiger partial charge >= 0.3 is 0 Å². The average molecular weight is 320 g/mol. The Bertz CT molecular complexity index is 639. The highest BCUT2D eigenvalue weighted by atomic mass is 35.5. The molecule has 1 saturated heterocycles. The predicted octanol–water partition coefficient (Wildman–Crippen LogP) is 5.16. The van der Waals surface area contributed by atoms with Crippen LogP contribution in [-0.2, 0) is 0 Å². The first-order valence-electron chi connectivity index (χ1n) is 7.37. The fraction of sp³-hybridized carbons (Fsp3) is 0.333. The Hall–Kier alpha value is -1.02. The minimum absolute atomic E-state index is 0.456. The van der Waals surface area contributed by atoms with Gasteiger partial charge in [-0.3, -0.25) is 0 Å². The smallest absolute Gasteiger partial charge is 0.0408 e. The number of benzene rings is 2. The van der Waals surface area contributed by atoms with Crippen molar-refractivity contribution in [1.29, 1.82) is 0 Å². The van der Waals surface area contributed by atoms with Crippen molar-refractivity contribution in [3.63, 3.8) is 0 Å². The Morgan fingerprint density at radius 3 is 2.57 bits per heavy atom. The van der Waals surface area contributed by atoms with E-state index in [1.807, 2.05) is 18.2 Å². The van der Waals surface area contributed by atoms with E-state index in [1.54, 1.807) is 0 Å². The largest absolute Gasteiger partial charge is 0.316 e. The lowest BCUT2D eigenvalue weighted by molar-refractivity contribution is 0.403. The Kier molecular flexibility index (Phi) is 4.54. The zero-order valence-electron chi connectivity index (χ0n) is 12.1. The molecule has 3 rings (SSSR count). The number of hydrogen-bond donors (Lipinski definition) is 1. The first-order chi connectivity index (χ1) is 10.1. The predicted molar refractivity (Wildman–Crippen MR) is 90.6 cm³/mol. The second-order valence-electron chi connectivity index (χ2n) is 5.76. The van der Waals surface area contributed by atoms with Gasteiger partial charge in [0.05, 0.1) is 0 Å². The number of piperidine rings is 1. The van der Waals surface area contributed by atoms with E-state index < -0.39 is 0 Å². The fourth-order valence-electron chi connectivity index (χ4n) is 3.37. The molecule has 0 saturated carbocycles. The molecule has 2 aromatic carbocycles. The van der Waals surface area contributed by atoms with E-state index in [0.29, 0.717) is 11.8 Å². The van der Waals surface area contributed by atoms with E-state index in [-0.39, 0.29) is 0 Å². The van der Waals surface area contributed by atoms with Crippen molar-refractivity contribution >= 4 is 23.2 Å². The zero-order chi connectivity index (χ0) is 14.8. The zero-order valence-corrected chi connectivity index (χ0v) is 13.6. The normalized spacial score (nSPS) is 22.2.